The van der Waals surface area contributed by atoms with E-state index in [1.54, 1.807) is 28.5 Å². The van der Waals surface area contributed by atoms with E-state index in [1.165, 1.54) is 17.4 Å². The maximum absolute atomic E-state index is 12.8. The quantitative estimate of drug-likeness (QED) is 0.227. The lowest BCUT2D eigenvalue weighted by Gasteiger charge is -2.12. The van der Waals surface area contributed by atoms with Crippen molar-refractivity contribution in [2.75, 3.05) is 17.9 Å². The average Bonchev–Trinajstić information content (AvgIpc) is 3.51. The lowest BCUT2D eigenvalue weighted by Crippen LogP contribution is -2.27. The van der Waals surface area contributed by atoms with Crippen molar-refractivity contribution in [2.24, 2.45) is 10.7 Å². The van der Waals surface area contributed by atoms with Crippen LogP contribution in [0.15, 0.2) is 38.8 Å². The van der Waals surface area contributed by atoms with Gasteiger partial charge in [0.25, 0.3) is 10.0 Å². The molecule has 0 atom stereocenters. The topological polar surface area (TPSA) is 155 Å². The molecule has 1 amide bonds. The predicted octanol–water partition coefficient (Wildman–Crippen LogP) is 3.73. The average molecular weight is 584 g/mol. The molecule has 36 heavy (non-hydrogen) atoms. The fourth-order valence-electron chi connectivity index (χ4n) is 2.88. The number of halogens is 4. The summed E-state index contributed by atoms with van der Waals surface area (Å²) in [7, 11) is -3.84. The first-order valence-corrected chi connectivity index (χ1v) is 13.4. The summed E-state index contributed by atoms with van der Waals surface area (Å²) in [6, 6.07) is 6.46. The number of amidine groups is 1. The number of pyridine rings is 1. The third-order valence-corrected chi connectivity index (χ3v) is 8.63. The molecule has 1 aliphatic rings. The van der Waals surface area contributed by atoms with E-state index < -0.39 is 22.2 Å². The van der Waals surface area contributed by atoms with E-state index in [2.05, 4.69) is 14.7 Å². The first-order chi connectivity index (χ1) is 16.8. The number of hydrogen-bond acceptors (Lipinski definition) is 8. The number of sulfonamides is 1. The number of carboxylic acid groups (broad SMARTS) is 1. The molecule has 0 aromatic carbocycles. The van der Waals surface area contributed by atoms with Crippen molar-refractivity contribution in [2.45, 2.75) is 23.2 Å². The summed E-state index contributed by atoms with van der Waals surface area (Å²) >= 11 is 8.25. The minimum atomic E-state index is -5.08. The van der Waals surface area contributed by atoms with Gasteiger partial charge in [-0.25, -0.2) is 23.2 Å². The smallest absolute Gasteiger partial charge is 0.475 e. The monoisotopic (exact) mass is 583 g/mol. The molecule has 0 saturated carbocycles. The summed E-state index contributed by atoms with van der Waals surface area (Å²) in [5.41, 5.74) is 6.92. The van der Waals surface area contributed by atoms with Crippen molar-refractivity contribution in [3.63, 3.8) is 0 Å². The zero-order valence-corrected chi connectivity index (χ0v) is 21.2. The maximum atomic E-state index is 12.8. The number of aliphatic carboxylic acids is 1. The van der Waals surface area contributed by atoms with Gasteiger partial charge in [-0.1, -0.05) is 11.6 Å². The van der Waals surface area contributed by atoms with Crippen molar-refractivity contribution in [3.8, 4) is 0 Å². The predicted molar refractivity (Wildman–Crippen MR) is 130 cm³/mol. The molecule has 0 bridgehead atoms. The van der Waals surface area contributed by atoms with E-state index >= 15 is 0 Å². The molecule has 194 valence electrons. The Bertz CT molecular complexity index is 1420. The minimum Gasteiger partial charge on any atom is -0.475 e. The molecule has 1 fully saturated rings. The van der Waals surface area contributed by atoms with Crippen LogP contribution in [0.1, 0.15) is 17.7 Å². The van der Waals surface area contributed by atoms with Crippen LogP contribution in [0.25, 0.3) is 10.2 Å². The van der Waals surface area contributed by atoms with Gasteiger partial charge in [-0.05, 0) is 36.1 Å². The SMILES string of the molecule is NC(=NCN1CCCC1=O)c1sccc1NS(=O)(=O)c1cc2nc(Cl)ccc2s1.O=C(O)C(F)(F)F. The third kappa shape index (κ3) is 6.83. The highest BCUT2D eigenvalue weighted by molar-refractivity contribution is 7.94. The lowest BCUT2D eigenvalue weighted by atomic mass is 10.4. The van der Waals surface area contributed by atoms with Crippen molar-refractivity contribution in [1.29, 1.82) is 0 Å². The summed E-state index contributed by atoms with van der Waals surface area (Å²) in [5, 5.41) is 9.15. The highest BCUT2D eigenvalue weighted by Gasteiger charge is 2.38. The Hall–Kier alpha value is -2.95. The zero-order chi connectivity index (χ0) is 26.7. The second kappa shape index (κ2) is 11.0. The van der Waals surface area contributed by atoms with Crippen LogP contribution in [0.4, 0.5) is 18.9 Å². The molecule has 4 rings (SSSR count). The summed E-state index contributed by atoms with van der Waals surface area (Å²) < 4.78 is 60.8. The number of nitrogens with zero attached hydrogens (tertiary/aromatic N) is 3. The number of carbonyl (C=O) groups excluding carboxylic acids is 1. The Morgan fingerprint density at radius 2 is 2.03 bits per heavy atom. The standard InChI is InChI=1S/C17H16ClN5O3S3.C2HF3O2/c18-13-4-3-12-11(21-13)8-15(28-12)29(25,26)22-10-5-7-27-16(10)17(19)20-9-23-6-1-2-14(23)24;3-2(4,5)1(6)7/h3-5,7-8,22H,1-2,6,9H2,(H2,19,20);(H,6,7). The number of hydrogen-bond donors (Lipinski definition) is 3. The van der Waals surface area contributed by atoms with Crippen LogP contribution < -0.4 is 10.5 Å². The van der Waals surface area contributed by atoms with Crippen molar-refractivity contribution >= 4 is 77.9 Å². The summed E-state index contributed by atoms with van der Waals surface area (Å²) in [6.07, 6.45) is -3.75. The molecule has 0 unspecified atom stereocenters. The number of rotatable bonds is 6. The second-order valence-electron chi connectivity index (χ2n) is 7.10. The Kier molecular flexibility index (Phi) is 8.43. The fourth-order valence-corrected chi connectivity index (χ4v) is 6.26. The fraction of sp³-hybridized carbons (Fsp3) is 0.263. The maximum Gasteiger partial charge on any atom is 0.490 e. The minimum absolute atomic E-state index is 0.0483. The molecule has 4 heterocycles. The number of likely N-dealkylation sites (tertiary alicyclic amines) is 1. The van der Waals surface area contributed by atoms with Gasteiger partial charge in [0, 0.05) is 13.0 Å². The number of carbonyl (C=O) groups is 2. The van der Waals surface area contributed by atoms with E-state index in [4.69, 9.17) is 27.2 Å². The van der Waals surface area contributed by atoms with Gasteiger partial charge in [0.1, 0.15) is 21.9 Å². The van der Waals surface area contributed by atoms with Gasteiger partial charge in [0.2, 0.25) is 5.91 Å². The molecule has 10 nitrogen and oxygen atoms in total. The highest BCUT2D eigenvalue weighted by atomic mass is 35.5. The first kappa shape index (κ1) is 27.6. The van der Waals surface area contributed by atoms with Crippen LogP contribution in [0.5, 0.6) is 0 Å². The lowest BCUT2D eigenvalue weighted by molar-refractivity contribution is -0.192. The van der Waals surface area contributed by atoms with E-state index in [0.717, 1.165) is 22.5 Å². The number of carboxylic acids is 1. The van der Waals surface area contributed by atoms with Crippen LogP contribution in [0.3, 0.4) is 0 Å². The Morgan fingerprint density at radius 3 is 2.64 bits per heavy atom. The number of amides is 1. The largest absolute Gasteiger partial charge is 0.490 e. The van der Waals surface area contributed by atoms with E-state index in [0.29, 0.717) is 34.2 Å². The number of nitrogens with one attached hydrogen (secondary N) is 1. The number of thiophene rings is 2. The summed E-state index contributed by atoms with van der Waals surface area (Å²) in [6.45, 7) is 0.820. The van der Waals surface area contributed by atoms with Crippen molar-refractivity contribution < 1.29 is 36.3 Å². The molecule has 1 saturated heterocycles. The number of aliphatic imine (C=N–C) groups is 1. The van der Waals surface area contributed by atoms with Gasteiger partial charge < -0.3 is 15.7 Å². The van der Waals surface area contributed by atoms with E-state index in [9.17, 15) is 26.4 Å². The Balaban J connectivity index is 0.000000454. The van der Waals surface area contributed by atoms with Crippen LogP contribution in [-0.4, -0.2) is 60.5 Å². The van der Waals surface area contributed by atoms with Gasteiger partial charge >= 0.3 is 12.1 Å². The number of fused-ring (bicyclic) bond motifs is 1. The molecule has 17 heteroatoms. The van der Waals surface area contributed by atoms with Crippen LogP contribution >= 0.6 is 34.3 Å². The number of anilines is 1. The van der Waals surface area contributed by atoms with E-state index in [-0.39, 0.29) is 22.6 Å². The Morgan fingerprint density at radius 1 is 1.33 bits per heavy atom. The molecule has 3 aromatic heterocycles. The summed E-state index contributed by atoms with van der Waals surface area (Å²) in [4.78, 5) is 31.1. The van der Waals surface area contributed by atoms with Gasteiger partial charge in [-0.15, -0.1) is 22.7 Å². The first-order valence-electron chi connectivity index (χ1n) is 9.82. The van der Waals surface area contributed by atoms with Crippen LogP contribution in [0, 0.1) is 0 Å². The molecule has 0 spiro atoms. The molecule has 0 radical (unpaired) electrons. The van der Waals surface area contributed by atoms with Crippen LogP contribution in [0.2, 0.25) is 5.15 Å². The third-order valence-electron chi connectivity index (χ3n) is 4.55. The van der Waals surface area contributed by atoms with E-state index in [1.807, 2.05) is 0 Å². The van der Waals surface area contributed by atoms with Gasteiger partial charge in [0.05, 0.1) is 20.8 Å². The molecule has 3 aromatic rings. The number of aromatic nitrogens is 1. The molecule has 0 aliphatic carbocycles. The number of nitrogens with two attached hydrogens (primary N) is 1. The molecule has 4 N–H and O–H groups in total. The second-order valence-corrected chi connectivity index (χ2v) is 11.4. The normalized spacial score (nSPS) is 14.6. The number of alkyl halides is 3. The molecular formula is C19H17ClF3N5O5S3. The van der Waals surface area contributed by atoms with Gasteiger partial charge in [0.15, 0.2) is 0 Å². The van der Waals surface area contributed by atoms with Gasteiger partial charge in [-0.3, -0.25) is 9.52 Å². The molecule has 1 aliphatic heterocycles. The highest BCUT2D eigenvalue weighted by Crippen LogP contribution is 2.32. The summed E-state index contributed by atoms with van der Waals surface area (Å²) in [5.74, 6) is -2.53. The Labute approximate surface area is 215 Å². The van der Waals surface area contributed by atoms with Gasteiger partial charge in [-0.2, -0.15) is 13.2 Å². The molecular weight excluding hydrogens is 567 g/mol. The van der Waals surface area contributed by atoms with Crippen molar-refractivity contribution in [1.82, 2.24) is 9.88 Å². The zero-order valence-electron chi connectivity index (χ0n) is 18.0. The van der Waals surface area contributed by atoms with Crippen LogP contribution in [-0.2, 0) is 19.6 Å². The van der Waals surface area contributed by atoms with Crippen molar-refractivity contribution in [3.05, 3.63) is 39.7 Å².